The lowest BCUT2D eigenvalue weighted by molar-refractivity contribution is -0.118. The molecule has 3 aliphatic rings. The van der Waals surface area contributed by atoms with Gasteiger partial charge in [0.1, 0.15) is 0 Å². The molecule has 0 amide bonds. The van der Waals surface area contributed by atoms with Crippen molar-refractivity contribution in [3.63, 3.8) is 0 Å². The molecule has 3 N–H and O–H groups in total. The summed E-state index contributed by atoms with van der Waals surface area (Å²) in [5.41, 5.74) is 13.2. The number of carbonyl (C=O) groups is 1. The maximum absolute atomic E-state index is 13.1. The van der Waals surface area contributed by atoms with Crippen molar-refractivity contribution in [1.82, 2.24) is 10.3 Å². The smallest absolute Gasteiger partial charge is 0.184 e. The lowest BCUT2D eigenvalue weighted by atomic mass is 9.71. The molecule has 0 fully saturated rings. The molecule has 0 saturated carbocycles. The highest BCUT2D eigenvalue weighted by atomic mass is 32.1. The first-order valence-corrected chi connectivity index (χ1v) is 10.5. The first-order chi connectivity index (χ1) is 14.2. The van der Waals surface area contributed by atoms with E-state index in [4.69, 9.17) is 27.4 Å². The maximum Gasteiger partial charge on any atom is 0.184 e. The summed E-state index contributed by atoms with van der Waals surface area (Å²) in [6, 6.07) is 4.20. The van der Waals surface area contributed by atoms with Crippen molar-refractivity contribution in [1.29, 1.82) is 0 Å². The van der Waals surface area contributed by atoms with Crippen LogP contribution < -0.4 is 20.6 Å². The molecule has 1 aromatic rings. The molecule has 0 unspecified atom stereocenters. The Kier molecular flexibility index (Phi) is 5.22. The molecule has 0 aromatic heterocycles. The van der Waals surface area contributed by atoms with E-state index in [-0.39, 0.29) is 22.4 Å². The molecule has 4 rings (SSSR count). The average Bonchev–Trinajstić information content (AvgIpc) is 2.69. The minimum Gasteiger partial charge on any atom is -0.493 e. The van der Waals surface area contributed by atoms with Crippen LogP contribution in [0.15, 0.2) is 28.5 Å². The van der Waals surface area contributed by atoms with Crippen LogP contribution >= 0.6 is 12.2 Å². The largest absolute Gasteiger partial charge is 0.493 e. The summed E-state index contributed by atoms with van der Waals surface area (Å²) in [5.74, 6) is 1.58. The molecule has 30 heavy (non-hydrogen) atoms. The predicted octanol–water partition coefficient (Wildman–Crippen LogP) is 2.84. The minimum atomic E-state index is -0.0859. The Morgan fingerprint density at radius 2 is 1.97 bits per heavy atom. The normalized spacial score (nSPS) is 23.5. The number of carbonyl (C=O) groups excluding carboxylic acids is 1. The molecular weight excluding hydrogens is 400 g/mol. The molecule has 8 heteroatoms. The van der Waals surface area contributed by atoms with Crippen LogP contribution in [0, 0.1) is 5.41 Å². The van der Waals surface area contributed by atoms with E-state index >= 15 is 0 Å². The lowest BCUT2D eigenvalue weighted by Crippen LogP contribution is -2.46. The summed E-state index contributed by atoms with van der Waals surface area (Å²) >= 11 is 4.93. The quantitative estimate of drug-likeness (QED) is 0.565. The number of rotatable bonds is 3. The lowest BCUT2D eigenvalue weighted by Gasteiger charge is -2.48. The number of ether oxygens (including phenoxy) is 2. The van der Waals surface area contributed by atoms with Gasteiger partial charge >= 0.3 is 0 Å². The molecule has 160 valence electrons. The van der Waals surface area contributed by atoms with Crippen molar-refractivity contribution in [2.45, 2.75) is 45.6 Å². The van der Waals surface area contributed by atoms with Crippen LogP contribution in [-0.4, -0.2) is 42.3 Å². The summed E-state index contributed by atoms with van der Waals surface area (Å²) in [6.07, 6.45) is 2.83. The molecule has 2 aliphatic heterocycles. The third kappa shape index (κ3) is 3.53. The fraction of sp³-hybridized carbons (Fsp3) is 0.500. The standard InChI is InChI=1S/C22H28N4O3S/c1-22(2)10-16-20(17(27)11-22)14(24-25-21(23)30)9-15-13-8-19(29-4)18(28-3)7-12(13)5-6-26(15)16/h7-8,15H,5-6,9-11H2,1-4H3,(H3,23,25,30)/b24-14-/t15-/m0/s1. The van der Waals surface area contributed by atoms with Gasteiger partial charge in [-0.3, -0.25) is 10.2 Å². The van der Waals surface area contributed by atoms with Gasteiger partial charge in [0.2, 0.25) is 0 Å². The van der Waals surface area contributed by atoms with Gasteiger partial charge < -0.3 is 20.1 Å². The molecule has 0 radical (unpaired) electrons. The van der Waals surface area contributed by atoms with Crippen molar-refractivity contribution in [3.8, 4) is 11.5 Å². The Balaban J connectivity index is 1.85. The first kappa shape index (κ1) is 20.7. The number of thiocarbonyl (C=S) groups is 1. The molecule has 7 nitrogen and oxygen atoms in total. The zero-order valence-electron chi connectivity index (χ0n) is 17.9. The number of hydrogen-bond acceptors (Lipinski definition) is 6. The summed E-state index contributed by atoms with van der Waals surface area (Å²) in [7, 11) is 3.30. The predicted molar refractivity (Wildman–Crippen MR) is 120 cm³/mol. The summed E-state index contributed by atoms with van der Waals surface area (Å²) < 4.78 is 11.1. The van der Waals surface area contributed by atoms with Gasteiger partial charge in [0.05, 0.1) is 31.5 Å². The second-order valence-electron chi connectivity index (χ2n) is 8.87. The molecular formula is C22H28N4O3S. The van der Waals surface area contributed by atoms with Gasteiger partial charge in [-0.2, -0.15) is 5.10 Å². The molecule has 2 heterocycles. The Morgan fingerprint density at radius 1 is 1.27 bits per heavy atom. The number of benzene rings is 1. The summed E-state index contributed by atoms with van der Waals surface area (Å²) in [4.78, 5) is 15.5. The molecule has 0 bridgehead atoms. The van der Waals surface area contributed by atoms with Crippen LogP contribution in [0.1, 0.15) is 50.3 Å². The molecule has 1 aromatic carbocycles. The zero-order valence-corrected chi connectivity index (χ0v) is 18.7. The average molecular weight is 429 g/mol. The Morgan fingerprint density at radius 3 is 2.63 bits per heavy atom. The number of allylic oxidation sites excluding steroid dienone is 2. The number of methoxy groups -OCH3 is 2. The van der Waals surface area contributed by atoms with Crippen LogP contribution in [0.2, 0.25) is 0 Å². The van der Waals surface area contributed by atoms with Gasteiger partial charge in [0.25, 0.3) is 0 Å². The van der Waals surface area contributed by atoms with Gasteiger partial charge in [-0.15, -0.1) is 0 Å². The monoisotopic (exact) mass is 428 g/mol. The highest BCUT2D eigenvalue weighted by molar-refractivity contribution is 7.80. The zero-order chi connectivity index (χ0) is 21.6. The number of nitrogens with one attached hydrogen (secondary N) is 1. The summed E-state index contributed by atoms with van der Waals surface area (Å²) in [6.45, 7) is 5.15. The highest BCUT2D eigenvalue weighted by Gasteiger charge is 2.44. The van der Waals surface area contributed by atoms with Crippen LogP contribution in [-0.2, 0) is 11.2 Å². The molecule has 1 atom stereocenters. The third-order valence-electron chi connectivity index (χ3n) is 6.18. The van der Waals surface area contributed by atoms with Crippen LogP contribution in [0.25, 0.3) is 0 Å². The maximum atomic E-state index is 13.1. The molecule has 1 aliphatic carbocycles. The molecule has 0 saturated heterocycles. The van der Waals surface area contributed by atoms with Gasteiger partial charge in [0, 0.05) is 25.1 Å². The highest BCUT2D eigenvalue weighted by Crippen LogP contribution is 2.49. The van der Waals surface area contributed by atoms with E-state index in [1.165, 1.54) is 11.1 Å². The number of hydrogen-bond donors (Lipinski definition) is 2. The van der Waals surface area contributed by atoms with Crippen molar-refractivity contribution < 1.29 is 14.3 Å². The van der Waals surface area contributed by atoms with Gasteiger partial charge in [-0.05, 0) is 53.7 Å². The van der Waals surface area contributed by atoms with Crippen molar-refractivity contribution in [2.24, 2.45) is 16.3 Å². The third-order valence-corrected chi connectivity index (χ3v) is 6.27. The number of Topliss-reactive ketones (excluding diaryl/α,β-unsaturated/α-hetero) is 1. The van der Waals surface area contributed by atoms with Gasteiger partial charge in [-0.25, -0.2) is 0 Å². The summed E-state index contributed by atoms with van der Waals surface area (Å²) in [5, 5.41) is 4.53. The minimum absolute atomic E-state index is 0.0703. The van der Waals surface area contributed by atoms with E-state index in [2.05, 4.69) is 41.4 Å². The van der Waals surface area contributed by atoms with Gasteiger partial charge in [0.15, 0.2) is 22.4 Å². The number of nitrogens with two attached hydrogens (primary N) is 1. The van der Waals surface area contributed by atoms with E-state index in [0.717, 1.165) is 42.1 Å². The number of hydrazone groups is 1. The Labute approximate surface area is 182 Å². The Hall–Kier alpha value is -2.61. The van der Waals surface area contributed by atoms with E-state index in [1.54, 1.807) is 14.2 Å². The van der Waals surface area contributed by atoms with Crippen molar-refractivity contribution in [3.05, 3.63) is 34.5 Å². The van der Waals surface area contributed by atoms with Crippen LogP contribution in [0.3, 0.4) is 0 Å². The molecule has 0 spiro atoms. The van der Waals surface area contributed by atoms with Crippen LogP contribution in [0.4, 0.5) is 0 Å². The van der Waals surface area contributed by atoms with E-state index < -0.39 is 0 Å². The van der Waals surface area contributed by atoms with Crippen LogP contribution in [0.5, 0.6) is 11.5 Å². The van der Waals surface area contributed by atoms with Crippen molar-refractivity contribution in [2.75, 3.05) is 20.8 Å². The van der Waals surface area contributed by atoms with E-state index in [1.807, 2.05) is 0 Å². The fourth-order valence-corrected chi connectivity index (χ4v) is 4.99. The van der Waals surface area contributed by atoms with E-state index in [9.17, 15) is 4.79 Å². The van der Waals surface area contributed by atoms with Crippen molar-refractivity contribution >= 4 is 28.8 Å². The fourth-order valence-electron chi connectivity index (χ4n) is 4.94. The van der Waals surface area contributed by atoms with Gasteiger partial charge in [-0.1, -0.05) is 13.8 Å². The topological polar surface area (TPSA) is 89.2 Å². The number of fused-ring (bicyclic) bond motifs is 4. The number of nitrogens with zero attached hydrogens (tertiary/aromatic N) is 2. The Bertz CT molecular complexity index is 983. The second kappa shape index (κ2) is 7.58. The number of ketones is 1. The SMILES string of the molecule is COc1cc2c(cc1OC)[C@@H]1C/C(=N/NC(N)=S)C3=C(CC(C)(C)CC3=O)N1CC2. The second-order valence-corrected chi connectivity index (χ2v) is 9.31. The first-order valence-electron chi connectivity index (χ1n) is 10.1. The van der Waals surface area contributed by atoms with E-state index in [0.29, 0.717) is 18.6 Å².